The zero-order chi connectivity index (χ0) is 12.3. The smallest absolute Gasteiger partial charge is 0.221 e. The first-order valence-electron chi connectivity index (χ1n) is 4.76. The molecule has 0 saturated heterocycles. The molecular weight excluding hydrogens is 208 g/mol. The molecule has 0 aliphatic rings. The van der Waals surface area contributed by atoms with Crippen molar-refractivity contribution < 1.29 is 15.1 Å². The van der Waals surface area contributed by atoms with Gasteiger partial charge in [0.2, 0.25) is 5.91 Å². The highest BCUT2D eigenvalue weighted by molar-refractivity contribution is 6.02. The van der Waals surface area contributed by atoms with Crippen LogP contribution >= 0.6 is 0 Å². The molecule has 86 valence electrons. The van der Waals surface area contributed by atoms with Crippen LogP contribution in [-0.2, 0) is 4.79 Å². The van der Waals surface area contributed by atoms with Gasteiger partial charge in [-0.25, -0.2) is 0 Å². The first-order valence-corrected chi connectivity index (χ1v) is 4.76. The average Bonchev–Trinajstić information content (AvgIpc) is 2.20. The van der Waals surface area contributed by atoms with Crippen LogP contribution in [0.5, 0.6) is 5.75 Å². The number of hydrogen-bond donors (Lipinski definition) is 3. The van der Waals surface area contributed by atoms with Crippen molar-refractivity contribution in [3.63, 3.8) is 0 Å². The summed E-state index contributed by atoms with van der Waals surface area (Å²) < 4.78 is 0. The molecule has 5 nitrogen and oxygen atoms in total. The van der Waals surface area contributed by atoms with E-state index in [1.165, 1.54) is 13.0 Å². The average molecular weight is 222 g/mol. The first kappa shape index (κ1) is 12.0. The summed E-state index contributed by atoms with van der Waals surface area (Å²) in [5, 5.41) is 23.9. The number of anilines is 1. The Balaban J connectivity index is 3.26. The zero-order valence-corrected chi connectivity index (χ0v) is 9.40. The van der Waals surface area contributed by atoms with Crippen LogP contribution in [0, 0.1) is 6.92 Å². The van der Waals surface area contributed by atoms with E-state index in [0.29, 0.717) is 11.3 Å². The Morgan fingerprint density at radius 3 is 2.50 bits per heavy atom. The molecule has 16 heavy (non-hydrogen) atoms. The Hall–Kier alpha value is -2.04. The van der Waals surface area contributed by atoms with Gasteiger partial charge in [-0.1, -0.05) is 5.16 Å². The number of aryl methyl sites for hydroxylation is 1. The second-order valence-corrected chi connectivity index (χ2v) is 3.55. The van der Waals surface area contributed by atoms with Gasteiger partial charge in [-0.3, -0.25) is 4.79 Å². The summed E-state index contributed by atoms with van der Waals surface area (Å²) in [7, 11) is 0. The molecule has 0 fully saturated rings. The summed E-state index contributed by atoms with van der Waals surface area (Å²) >= 11 is 0. The lowest BCUT2D eigenvalue weighted by atomic mass is 10.1. The van der Waals surface area contributed by atoms with Crippen molar-refractivity contribution in [2.24, 2.45) is 5.16 Å². The van der Waals surface area contributed by atoms with Crippen molar-refractivity contribution in [1.29, 1.82) is 0 Å². The summed E-state index contributed by atoms with van der Waals surface area (Å²) in [6.07, 6.45) is 0. The highest BCUT2D eigenvalue weighted by Crippen LogP contribution is 2.26. The minimum absolute atomic E-state index is 0.0157. The van der Waals surface area contributed by atoms with Gasteiger partial charge in [0.1, 0.15) is 5.75 Å². The van der Waals surface area contributed by atoms with Gasteiger partial charge in [-0.15, -0.1) is 0 Å². The maximum atomic E-state index is 10.9. The number of amides is 1. The predicted octanol–water partition coefficient (Wildman–Crippen LogP) is 1.86. The summed E-state index contributed by atoms with van der Waals surface area (Å²) in [6.45, 7) is 4.72. The van der Waals surface area contributed by atoms with Crippen LogP contribution in [0.2, 0.25) is 0 Å². The second-order valence-electron chi connectivity index (χ2n) is 3.55. The van der Waals surface area contributed by atoms with Crippen molar-refractivity contribution in [3.05, 3.63) is 23.3 Å². The molecule has 0 bridgehead atoms. The quantitative estimate of drug-likeness (QED) is 0.309. The van der Waals surface area contributed by atoms with Gasteiger partial charge in [0, 0.05) is 18.2 Å². The lowest BCUT2D eigenvalue weighted by molar-refractivity contribution is -0.114. The maximum absolute atomic E-state index is 10.9. The largest absolute Gasteiger partial charge is 0.507 e. The number of phenolic OH excluding ortho intramolecular Hbond substituents is 1. The highest BCUT2D eigenvalue weighted by Gasteiger charge is 2.10. The molecule has 0 saturated carbocycles. The number of phenols is 1. The number of carbonyl (C=O) groups is 1. The Bertz CT molecular complexity index is 453. The van der Waals surface area contributed by atoms with Gasteiger partial charge in [-0.2, -0.15) is 0 Å². The van der Waals surface area contributed by atoms with Crippen LogP contribution < -0.4 is 5.32 Å². The van der Waals surface area contributed by atoms with E-state index in [0.717, 1.165) is 5.56 Å². The van der Waals surface area contributed by atoms with Crippen LogP contribution in [0.15, 0.2) is 17.3 Å². The molecule has 5 heteroatoms. The van der Waals surface area contributed by atoms with E-state index in [2.05, 4.69) is 10.5 Å². The Morgan fingerprint density at radius 1 is 1.38 bits per heavy atom. The molecule has 0 unspecified atom stereocenters. The van der Waals surface area contributed by atoms with Gasteiger partial charge in [0.25, 0.3) is 0 Å². The molecule has 1 aromatic carbocycles. The number of hydrogen-bond acceptors (Lipinski definition) is 4. The van der Waals surface area contributed by atoms with E-state index in [4.69, 9.17) is 5.21 Å². The lowest BCUT2D eigenvalue weighted by Crippen LogP contribution is -2.08. The number of nitrogens with one attached hydrogen (secondary N) is 1. The standard InChI is InChI=1S/C11H14N2O3/c1-6-4-11(15)9(7(2)13-16)5-10(6)12-8(3)14/h4-5,15-16H,1-3H3,(H,12,14). The fourth-order valence-corrected chi connectivity index (χ4v) is 1.36. The fourth-order valence-electron chi connectivity index (χ4n) is 1.36. The summed E-state index contributed by atoms with van der Waals surface area (Å²) in [5.74, 6) is -0.180. The van der Waals surface area contributed by atoms with Crippen LogP contribution in [0.3, 0.4) is 0 Å². The topological polar surface area (TPSA) is 81.9 Å². The summed E-state index contributed by atoms with van der Waals surface area (Å²) in [4.78, 5) is 10.9. The van der Waals surface area contributed by atoms with E-state index in [1.807, 2.05) is 0 Å². The predicted molar refractivity (Wildman–Crippen MR) is 61.1 cm³/mol. The van der Waals surface area contributed by atoms with Crippen LogP contribution in [0.1, 0.15) is 25.0 Å². The van der Waals surface area contributed by atoms with Gasteiger partial charge in [0.05, 0.1) is 5.71 Å². The number of aromatic hydroxyl groups is 1. The fraction of sp³-hybridized carbons (Fsp3) is 0.273. The third-order valence-corrected chi connectivity index (χ3v) is 2.19. The zero-order valence-electron chi connectivity index (χ0n) is 9.40. The first-order chi connectivity index (χ1) is 7.45. The minimum Gasteiger partial charge on any atom is -0.507 e. The Labute approximate surface area is 93.4 Å². The third-order valence-electron chi connectivity index (χ3n) is 2.19. The van der Waals surface area contributed by atoms with Crippen LogP contribution in [-0.4, -0.2) is 21.9 Å². The molecule has 0 aromatic heterocycles. The highest BCUT2D eigenvalue weighted by atomic mass is 16.4. The Morgan fingerprint density at radius 2 is 2.00 bits per heavy atom. The molecule has 1 rings (SSSR count). The summed E-state index contributed by atoms with van der Waals surface area (Å²) in [5.41, 5.74) is 1.99. The van der Waals surface area contributed by atoms with Gasteiger partial charge in [-0.05, 0) is 31.5 Å². The van der Waals surface area contributed by atoms with Crippen molar-refractivity contribution in [1.82, 2.24) is 0 Å². The molecule has 0 spiro atoms. The lowest BCUT2D eigenvalue weighted by Gasteiger charge is -2.10. The van der Waals surface area contributed by atoms with Crippen molar-refractivity contribution in [3.8, 4) is 5.75 Å². The third kappa shape index (κ3) is 2.50. The summed E-state index contributed by atoms with van der Waals surface area (Å²) in [6, 6.07) is 3.08. The molecule has 0 aliphatic heterocycles. The van der Waals surface area contributed by atoms with Crippen molar-refractivity contribution in [2.45, 2.75) is 20.8 Å². The monoisotopic (exact) mass is 222 g/mol. The van der Waals surface area contributed by atoms with Crippen molar-refractivity contribution in [2.75, 3.05) is 5.32 Å². The van der Waals surface area contributed by atoms with Crippen molar-refractivity contribution >= 4 is 17.3 Å². The number of benzene rings is 1. The normalized spacial score (nSPS) is 11.3. The van der Waals surface area contributed by atoms with E-state index >= 15 is 0 Å². The van der Waals surface area contributed by atoms with Gasteiger partial charge in [0.15, 0.2) is 0 Å². The molecule has 0 heterocycles. The van der Waals surface area contributed by atoms with E-state index in [1.54, 1.807) is 19.9 Å². The number of nitrogens with zero attached hydrogens (tertiary/aromatic N) is 1. The molecule has 1 aromatic rings. The van der Waals surface area contributed by atoms with E-state index in [-0.39, 0.29) is 17.4 Å². The molecular formula is C11H14N2O3. The van der Waals surface area contributed by atoms with E-state index < -0.39 is 0 Å². The van der Waals surface area contributed by atoms with Crippen LogP contribution in [0.25, 0.3) is 0 Å². The maximum Gasteiger partial charge on any atom is 0.221 e. The molecule has 0 radical (unpaired) electrons. The number of carbonyl (C=O) groups excluding carboxylic acids is 1. The SMILES string of the molecule is CC(=O)Nc1cc(C(C)=NO)c(O)cc1C. The number of rotatable bonds is 2. The van der Waals surface area contributed by atoms with Crippen LogP contribution in [0.4, 0.5) is 5.69 Å². The van der Waals surface area contributed by atoms with Gasteiger partial charge >= 0.3 is 0 Å². The Kier molecular flexibility index (Phi) is 3.50. The molecule has 0 aliphatic carbocycles. The molecule has 1 amide bonds. The second kappa shape index (κ2) is 4.65. The number of oxime groups is 1. The van der Waals surface area contributed by atoms with E-state index in [9.17, 15) is 9.90 Å². The molecule has 0 atom stereocenters. The van der Waals surface area contributed by atoms with Gasteiger partial charge < -0.3 is 15.6 Å². The minimum atomic E-state index is -0.196. The molecule has 3 N–H and O–H groups in total.